The van der Waals surface area contributed by atoms with Gasteiger partial charge in [-0.05, 0) is 6.92 Å². The fourth-order valence-electron chi connectivity index (χ4n) is 1.68. The lowest BCUT2D eigenvalue weighted by Gasteiger charge is -2.15. The fraction of sp³-hybridized carbons (Fsp3) is 0.333. The van der Waals surface area contributed by atoms with Crippen molar-refractivity contribution >= 4 is 29.0 Å². The molecule has 0 atom stereocenters. The number of hydrogen-bond donors (Lipinski definition) is 2. The molecular formula is C12H16N6O2S. The van der Waals surface area contributed by atoms with Crippen LogP contribution in [0.1, 0.15) is 9.88 Å². The van der Waals surface area contributed by atoms with E-state index in [1.165, 1.54) is 10.9 Å². The lowest BCUT2D eigenvalue weighted by molar-refractivity contribution is -0.118. The van der Waals surface area contributed by atoms with Gasteiger partial charge in [0.25, 0.3) is 0 Å². The SMILES string of the molecule is Cc1ncc(CN(C)C(=O)Nc2cnn(CC(N)=O)c2)s1. The Morgan fingerprint density at radius 1 is 1.48 bits per heavy atom. The summed E-state index contributed by atoms with van der Waals surface area (Å²) < 4.78 is 1.37. The third-order valence-corrected chi connectivity index (χ3v) is 3.51. The second-order valence-electron chi connectivity index (χ2n) is 4.52. The highest BCUT2D eigenvalue weighted by atomic mass is 32.1. The summed E-state index contributed by atoms with van der Waals surface area (Å²) in [5.74, 6) is -0.492. The van der Waals surface area contributed by atoms with Gasteiger partial charge in [0.2, 0.25) is 5.91 Å². The van der Waals surface area contributed by atoms with Crippen molar-refractivity contribution in [3.8, 4) is 0 Å². The molecule has 0 saturated carbocycles. The highest BCUT2D eigenvalue weighted by Crippen LogP contribution is 2.14. The second kappa shape index (κ2) is 6.35. The Hall–Kier alpha value is -2.42. The molecule has 8 nitrogen and oxygen atoms in total. The maximum Gasteiger partial charge on any atom is 0.322 e. The van der Waals surface area contributed by atoms with Gasteiger partial charge >= 0.3 is 6.03 Å². The number of hydrogen-bond acceptors (Lipinski definition) is 5. The Morgan fingerprint density at radius 3 is 2.86 bits per heavy atom. The molecule has 0 aliphatic heterocycles. The molecule has 0 radical (unpaired) electrons. The Balaban J connectivity index is 1.91. The minimum absolute atomic E-state index is 0.0220. The van der Waals surface area contributed by atoms with Crippen LogP contribution in [0.3, 0.4) is 0 Å². The predicted molar refractivity (Wildman–Crippen MR) is 78.8 cm³/mol. The van der Waals surface area contributed by atoms with Crippen molar-refractivity contribution in [3.05, 3.63) is 28.5 Å². The van der Waals surface area contributed by atoms with Gasteiger partial charge in [-0.25, -0.2) is 9.78 Å². The maximum absolute atomic E-state index is 12.0. The monoisotopic (exact) mass is 308 g/mol. The molecule has 2 aromatic rings. The summed E-state index contributed by atoms with van der Waals surface area (Å²) >= 11 is 1.55. The van der Waals surface area contributed by atoms with Crippen molar-refractivity contribution < 1.29 is 9.59 Å². The lowest BCUT2D eigenvalue weighted by Crippen LogP contribution is -2.30. The van der Waals surface area contributed by atoms with Crippen molar-refractivity contribution in [3.63, 3.8) is 0 Å². The van der Waals surface area contributed by atoms with Gasteiger partial charge in [-0.1, -0.05) is 0 Å². The van der Waals surface area contributed by atoms with Crippen molar-refractivity contribution in [2.75, 3.05) is 12.4 Å². The van der Waals surface area contributed by atoms with Crippen LogP contribution in [-0.4, -0.2) is 38.7 Å². The zero-order valence-electron chi connectivity index (χ0n) is 11.7. The summed E-state index contributed by atoms with van der Waals surface area (Å²) in [5, 5.41) is 7.59. The van der Waals surface area contributed by atoms with Crippen LogP contribution in [-0.2, 0) is 17.9 Å². The number of anilines is 1. The maximum atomic E-state index is 12.0. The van der Waals surface area contributed by atoms with Crippen LogP contribution in [0.2, 0.25) is 0 Å². The van der Waals surface area contributed by atoms with Gasteiger partial charge in [0.15, 0.2) is 0 Å². The third kappa shape index (κ3) is 4.28. The third-order valence-electron chi connectivity index (χ3n) is 2.61. The van der Waals surface area contributed by atoms with E-state index < -0.39 is 5.91 Å². The number of nitrogens with zero attached hydrogens (tertiary/aromatic N) is 4. The summed E-state index contributed by atoms with van der Waals surface area (Å²) in [5.41, 5.74) is 5.58. The van der Waals surface area contributed by atoms with Crippen LogP contribution < -0.4 is 11.1 Å². The standard InChI is InChI=1S/C12H16N6O2S/c1-8-14-4-10(21-8)6-17(2)12(20)16-9-3-15-18(5-9)7-11(13)19/h3-5H,6-7H2,1-2H3,(H2,13,19)(H,16,20). The van der Waals surface area contributed by atoms with Gasteiger partial charge in [-0.2, -0.15) is 5.10 Å². The van der Waals surface area contributed by atoms with E-state index in [2.05, 4.69) is 15.4 Å². The smallest absolute Gasteiger partial charge is 0.322 e. The van der Waals surface area contributed by atoms with E-state index in [9.17, 15) is 9.59 Å². The molecule has 2 aromatic heterocycles. The highest BCUT2D eigenvalue weighted by Gasteiger charge is 2.12. The molecule has 0 aliphatic rings. The number of nitrogens with two attached hydrogens (primary N) is 1. The first-order valence-corrected chi connectivity index (χ1v) is 7.00. The summed E-state index contributed by atoms with van der Waals surface area (Å²) in [6, 6.07) is -0.264. The van der Waals surface area contributed by atoms with Crippen LogP contribution in [0.15, 0.2) is 18.6 Å². The molecule has 2 rings (SSSR count). The number of aryl methyl sites for hydroxylation is 1. The zero-order valence-corrected chi connectivity index (χ0v) is 12.6. The molecular weight excluding hydrogens is 292 g/mol. The minimum Gasteiger partial charge on any atom is -0.368 e. The predicted octanol–water partition coefficient (Wildman–Crippen LogP) is 0.797. The van der Waals surface area contributed by atoms with Gasteiger partial charge in [0.05, 0.1) is 23.4 Å². The van der Waals surface area contributed by atoms with Gasteiger partial charge in [-0.3, -0.25) is 9.48 Å². The number of carbonyl (C=O) groups excluding carboxylic acids is 2. The minimum atomic E-state index is -0.492. The Bertz CT molecular complexity index is 650. The summed E-state index contributed by atoms with van der Waals surface area (Å²) in [7, 11) is 1.69. The first-order chi connectivity index (χ1) is 9.94. The van der Waals surface area contributed by atoms with Crippen LogP contribution in [0.5, 0.6) is 0 Å². The first-order valence-electron chi connectivity index (χ1n) is 6.18. The molecule has 9 heteroatoms. The molecule has 0 fully saturated rings. The van der Waals surface area contributed by atoms with Crippen molar-refractivity contribution in [1.29, 1.82) is 0 Å². The van der Waals surface area contributed by atoms with Gasteiger partial charge < -0.3 is 16.0 Å². The van der Waals surface area contributed by atoms with Gasteiger partial charge in [0.1, 0.15) is 6.54 Å². The number of urea groups is 1. The number of nitrogens with one attached hydrogen (secondary N) is 1. The second-order valence-corrected chi connectivity index (χ2v) is 5.84. The highest BCUT2D eigenvalue weighted by molar-refractivity contribution is 7.11. The van der Waals surface area contributed by atoms with Crippen LogP contribution in [0.25, 0.3) is 0 Å². The summed E-state index contributed by atoms with van der Waals surface area (Å²) in [4.78, 5) is 29.5. The largest absolute Gasteiger partial charge is 0.368 e. The molecule has 0 bridgehead atoms. The van der Waals surface area contributed by atoms with E-state index in [0.29, 0.717) is 12.2 Å². The van der Waals surface area contributed by atoms with Gasteiger partial charge in [-0.15, -0.1) is 11.3 Å². The van der Waals surface area contributed by atoms with Crippen LogP contribution in [0.4, 0.5) is 10.5 Å². The summed E-state index contributed by atoms with van der Waals surface area (Å²) in [6.45, 7) is 2.37. The number of rotatable bonds is 5. The van der Waals surface area contributed by atoms with E-state index >= 15 is 0 Å². The molecule has 0 saturated heterocycles. The van der Waals surface area contributed by atoms with Crippen LogP contribution >= 0.6 is 11.3 Å². The quantitative estimate of drug-likeness (QED) is 0.852. The van der Waals surface area contributed by atoms with Crippen molar-refractivity contribution in [2.45, 2.75) is 20.0 Å². The average Bonchev–Trinajstić information content (AvgIpc) is 2.98. The number of carbonyl (C=O) groups is 2. The van der Waals surface area contributed by atoms with E-state index in [0.717, 1.165) is 9.88 Å². The Morgan fingerprint density at radius 2 is 2.24 bits per heavy atom. The van der Waals surface area contributed by atoms with Crippen molar-refractivity contribution in [1.82, 2.24) is 19.7 Å². The molecule has 0 unspecified atom stereocenters. The molecule has 3 amide bonds. The van der Waals surface area contributed by atoms with E-state index in [4.69, 9.17) is 5.73 Å². The topological polar surface area (TPSA) is 106 Å². The first kappa shape index (κ1) is 15.0. The molecule has 112 valence electrons. The Labute approximate surface area is 125 Å². The number of aromatic nitrogens is 3. The number of amides is 3. The van der Waals surface area contributed by atoms with E-state index in [1.54, 1.807) is 35.7 Å². The lowest BCUT2D eigenvalue weighted by atomic mass is 10.5. The van der Waals surface area contributed by atoms with Crippen molar-refractivity contribution in [2.24, 2.45) is 5.73 Å². The van der Waals surface area contributed by atoms with Crippen LogP contribution in [0, 0.1) is 6.92 Å². The van der Waals surface area contributed by atoms with E-state index in [1.807, 2.05) is 6.92 Å². The molecule has 3 N–H and O–H groups in total. The van der Waals surface area contributed by atoms with E-state index in [-0.39, 0.29) is 12.6 Å². The molecule has 0 spiro atoms. The Kier molecular flexibility index (Phi) is 4.53. The molecule has 0 aliphatic carbocycles. The van der Waals surface area contributed by atoms with Gasteiger partial charge in [0, 0.05) is 24.3 Å². The average molecular weight is 308 g/mol. The molecule has 0 aromatic carbocycles. The zero-order chi connectivity index (χ0) is 15.4. The fourth-order valence-corrected chi connectivity index (χ4v) is 2.53. The number of thiazole rings is 1. The number of primary amides is 1. The molecule has 21 heavy (non-hydrogen) atoms. The molecule has 2 heterocycles. The summed E-state index contributed by atoms with van der Waals surface area (Å²) in [6.07, 6.45) is 4.77. The normalized spacial score (nSPS) is 10.4.